The SMILES string of the molecule is COc1ccccc1-c1nc(SCC(=O)Nc2cc([N+](=O)[O-])ccc2C)n[nH]1. The molecule has 1 amide bonds. The van der Waals surface area contributed by atoms with Crippen molar-refractivity contribution in [2.75, 3.05) is 18.2 Å². The number of hydrogen-bond donors (Lipinski definition) is 2. The minimum absolute atomic E-state index is 0.0609. The Morgan fingerprint density at radius 2 is 2.11 bits per heavy atom. The lowest BCUT2D eigenvalue weighted by Crippen LogP contribution is -2.15. The molecular formula is C18H17N5O4S. The number of para-hydroxylation sites is 1. The Kier molecular flexibility index (Phi) is 5.90. The van der Waals surface area contributed by atoms with Crippen LogP contribution in [-0.4, -0.2) is 38.9 Å². The van der Waals surface area contributed by atoms with Gasteiger partial charge in [0.15, 0.2) is 5.82 Å². The summed E-state index contributed by atoms with van der Waals surface area (Å²) in [5.74, 6) is 0.951. The third kappa shape index (κ3) is 4.46. The van der Waals surface area contributed by atoms with E-state index in [2.05, 4.69) is 20.5 Å². The van der Waals surface area contributed by atoms with Gasteiger partial charge in [-0.25, -0.2) is 4.98 Å². The fourth-order valence-corrected chi connectivity index (χ4v) is 3.04. The molecule has 3 rings (SSSR count). The van der Waals surface area contributed by atoms with Gasteiger partial charge in [-0.3, -0.25) is 20.0 Å². The maximum absolute atomic E-state index is 12.2. The fraction of sp³-hybridized carbons (Fsp3) is 0.167. The Labute approximate surface area is 164 Å². The predicted molar refractivity (Wildman–Crippen MR) is 106 cm³/mol. The number of ether oxygens (including phenoxy) is 1. The number of nitro benzene ring substituents is 1. The lowest BCUT2D eigenvalue weighted by Gasteiger charge is -2.07. The Hall–Kier alpha value is -3.40. The second kappa shape index (κ2) is 8.53. The van der Waals surface area contributed by atoms with E-state index in [1.165, 1.54) is 12.1 Å². The quantitative estimate of drug-likeness (QED) is 0.354. The number of aryl methyl sites for hydroxylation is 1. The summed E-state index contributed by atoms with van der Waals surface area (Å²) >= 11 is 1.15. The van der Waals surface area contributed by atoms with Gasteiger partial charge in [-0.1, -0.05) is 30.0 Å². The zero-order valence-corrected chi connectivity index (χ0v) is 15.9. The van der Waals surface area contributed by atoms with Crippen molar-refractivity contribution in [3.8, 4) is 17.1 Å². The summed E-state index contributed by atoms with van der Waals surface area (Å²) < 4.78 is 5.30. The number of amides is 1. The monoisotopic (exact) mass is 399 g/mol. The van der Waals surface area contributed by atoms with Crippen LogP contribution in [0.5, 0.6) is 5.75 Å². The Morgan fingerprint density at radius 1 is 1.32 bits per heavy atom. The van der Waals surface area contributed by atoms with Crippen LogP contribution in [0.25, 0.3) is 11.4 Å². The Balaban J connectivity index is 1.64. The van der Waals surface area contributed by atoms with Gasteiger partial charge in [-0.15, -0.1) is 5.10 Å². The number of aromatic nitrogens is 3. The average molecular weight is 399 g/mol. The number of H-pyrrole nitrogens is 1. The van der Waals surface area contributed by atoms with E-state index in [0.29, 0.717) is 22.4 Å². The van der Waals surface area contributed by atoms with Crippen molar-refractivity contribution in [2.45, 2.75) is 12.1 Å². The van der Waals surface area contributed by atoms with Crippen molar-refractivity contribution < 1.29 is 14.5 Å². The summed E-state index contributed by atoms with van der Waals surface area (Å²) in [5.41, 5.74) is 1.83. The van der Waals surface area contributed by atoms with E-state index in [1.807, 2.05) is 24.3 Å². The number of aromatic amines is 1. The standard InChI is InChI=1S/C18H17N5O4S/c1-11-7-8-12(23(25)26)9-14(11)19-16(24)10-28-18-20-17(21-22-18)13-5-3-4-6-15(13)27-2/h3-9H,10H2,1-2H3,(H,19,24)(H,20,21,22). The number of nitro groups is 1. The van der Waals surface area contributed by atoms with Crippen LogP contribution < -0.4 is 10.1 Å². The summed E-state index contributed by atoms with van der Waals surface area (Å²) in [5, 5.41) is 20.9. The second-order valence-corrected chi connectivity index (χ2v) is 6.70. The molecule has 0 aliphatic carbocycles. The largest absolute Gasteiger partial charge is 0.496 e. The topological polar surface area (TPSA) is 123 Å². The highest BCUT2D eigenvalue weighted by molar-refractivity contribution is 7.99. The smallest absolute Gasteiger partial charge is 0.271 e. The molecule has 0 bridgehead atoms. The van der Waals surface area contributed by atoms with Crippen molar-refractivity contribution in [2.24, 2.45) is 0 Å². The van der Waals surface area contributed by atoms with Crippen LogP contribution >= 0.6 is 11.8 Å². The molecule has 0 spiro atoms. The third-order valence-electron chi connectivity index (χ3n) is 3.87. The number of nitrogens with one attached hydrogen (secondary N) is 2. The zero-order valence-electron chi connectivity index (χ0n) is 15.1. The Morgan fingerprint density at radius 3 is 2.86 bits per heavy atom. The number of nitrogens with zero attached hydrogens (tertiary/aromatic N) is 3. The molecule has 3 aromatic rings. The average Bonchev–Trinajstić information content (AvgIpc) is 3.16. The molecule has 144 valence electrons. The first kappa shape index (κ1) is 19.4. The highest BCUT2D eigenvalue weighted by Crippen LogP contribution is 2.28. The zero-order chi connectivity index (χ0) is 20.1. The molecule has 28 heavy (non-hydrogen) atoms. The van der Waals surface area contributed by atoms with Gasteiger partial charge in [-0.2, -0.15) is 0 Å². The molecule has 0 radical (unpaired) electrons. The summed E-state index contributed by atoms with van der Waals surface area (Å²) in [4.78, 5) is 27.0. The van der Waals surface area contributed by atoms with Crippen LogP contribution in [0.4, 0.5) is 11.4 Å². The molecule has 1 heterocycles. The number of carbonyl (C=O) groups excluding carboxylic acids is 1. The highest BCUT2D eigenvalue weighted by Gasteiger charge is 2.14. The number of non-ortho nitro benzene ring substituents is 1. The van der Waals surface area contributed by atoms with Crippen molar-refractivity contribution in [1.82, 2.24) is 15.2 Å². The molecule has 10 heteroatoms. The van der Waals surface area contributed by atoms with Crippen molar-refractivity contribution in [3.05, 3.63) is 58.1 Å². The summed E-state index contributed by atoms with van der Waals surface area (Å²) in [6.07, 6.45) is 0. The highest BCUT2D eigenvalue weighted by atomic mass is 32.2. The first-order valence-electron chi connectivity index (χ1n) is 8.21. The molecular weight excluding hydrogens is 382 g/mol. The van der Waals surface area contributed by atoms with Gasteiger partial charge >= 0.3 is 0 Å². The first-order valence-corrected chi connectivity index (χ1v) is 9.20. The van der Waals surface area contributed by atoms with E-state index in [-0.39, 0.29) is 17.3 Å². The van der Waals surface area contributed by atoms with Gasteiger partial charge in [-0.05, 0) is 24.6 Å². The number of thioether (sulfide) groups is 1. The summed E-state index contributed by atoms with van der Waals surface area (Å²) in [7, 11) is 1.57. The number of anilines is 1. The molecule has 0 fully saturated rings. The van der Waals surface area contributed by atoms with Crippen molar-refractivity contribution in [3.63, 3.8) is 0 Å². The van der Waals surface area contributed by atoms with E-state index >= 15 is 0 Å². The van der Waals surface area contributed by atoms with E-state index in [9.17, 15) is 14.9 Å². The minimum atomic E-state index is -0.503. The van der Waals surface area contributed by atoms with Gasteiger partial charge in [0, 0.05) is 12.1 Å². The van der Waals surface area contributed by atoms with E-state index in [0.717, 1.165) is 22.9 Å². The number of methoxy groups -OCH3 is 1. The molecule has 0 atom stereocenters. The van der Waals surface area contributed by atoms with Gasteiger partial charge in [0.05, 0.1) is 29.0 Å². The van der Waals surface area contributed by atoms with Crippen molar-refractivity contribution >= 4 is 29.0 Å². The maximum Gasteiger partial charge on any atom is 0.271 e. The van der Waals surface area contributed by atoms with Gasteiger partial charge in [0.1, 0.15) is 5.75 Å². The molecule has 0 aliphatic heterocycles. The normalized spacial score (nSPS) is 10.5. The molecule has 0 saturated heterocycles. The molecule has 9 nitrogen and oxygen atoms in total. The van der Waals surface area contributed by atoms with Gasteiger partial charge < -0.3 is 10.1 Å². The third-order valence-corrected chi connectivity index (χ3v) is 4.71. The second-order valence-electron chi connectivity index (χ2n) is 5.76. The minimum Gasteiger partial charge on any atom is -0.496 e. The molecule has 2 aromatic carbocycles. The number of benzene rings is 2. The van der Waals surface area contributed by atoms with Gasteiger partial charge in [0.25, 0.3) is 5.69 Å². The summed E-state index contributed by atoms with van der Waals surface area (Å²) in [6.45, 7) is 1.77. The van der Waals surface area contributed by atoms with Crippen LogP contribution in [0.3, 0.4) is 0 Å². The van der Waals surface area contributed by atoms with Gasteiger partial charge in [0.2, 0.25) is 11.1 Å². The molecule has 0 aliphatic rings. The molecule has 2 N–H and O–H groups in total. The van der Waals surface area contributed by atoms with Crippen LogP contribution in [0.15, 0.2) is 47.6 Å². The number of carbonyl (C=O) groups is 1. The molecule has 0 unspecified atom stereocenters. The maximum atomic E-state index is 12.2. The number of rotatable bonds is 7. The molecule has 1 aromatic heterocycles. The predicted octanol–water partition coefficient (Wildman–Crippen LogP) is 3.43. The van der Waals surface area contributed by atoms with E-state index < -0.39 is 4.92 Å². The van der Waals surface area contributed by atoms with Crippen LogP contribution in [0.2, 0.25) is 0 Å². The van der Waals surface area contributed by atoms with E-state index in [1.54, 1.807) is 20.1 Å². The van der Waals surface area contributed by atoms with Crippen molar-refractivity contribution in [1.29, 1.82) is 0 Å². The van der Waals surface area contributed by atoms with Crippen LogP contribution in [0.1, 0.15) is 5.56 Å². The number of hydrogen-bond acceptors (Lipinski definition) is 7. The lowest BCUT2D eigenvalue weighted by molar-refractivity contribution is -0.384. The lowest BCUT2D eigenvalue weighted by atomic mass is 10.2. The Bertz CT molecular complexity index is 1020. The molecule has 0 saturated carbocycles. The van der Waals surface area contributed by atoms with E-state index in [4.69, 9.17) is 4.74 Å². The summed E-state index contributed by atoms with van der Waals surface area (Å²) in [6, 6.07) is 11.7. The van der Waals surface area contributed by atoms with Crippen LogP contribution in [0, 0.1) is 17.0 Å². The first-order chi connectivity index (χ1) is 13.5. The fourth-order valence-electron chi connectivity index (χ4n) is 2.45. The van der Waals surface area contributed by atoms with Crippen LogP contribution in [-0.2, 0) is 4.79 Å².